The van der Waals surface area contributed by atoms with E-state index in [2.05, 4.69) is 5.32 Å². The third-order valence-corrected chi connectivity index (χ3v) is 5.33. The van der Waals surface area contributed by atoms with Gasteiger partial charge in [-0.05, 0) is 62.2 Å². The van der Waals surface area contributed by atoms with Gasteiger partial charge in [0.05, 0.1) is 24.1 Å². The van der Waals surface area contributed by atoms with Crippen LogP contribution in [0.15, 0.2) is 48.5 Å². The van der Waals surface area contributed by atoms with Gasteiger partial charge in [-0.1, -0.05) is 12.1 Å². The van der Waals surface area contributed by atoms with E-state index < -0.39 is 16.0 Å². The van der Waals surface area contributed by atoms with Gasteiger partial charge in [-0.25, -0.2) is 13.2 Å². The normalized spacial score (nSPS) is 11.0. The maximum absolute atomic E-state index is 12.2. The zero-order chi connectivity index (χ0) is 21.4. The number of sulfonamides is 1. The molecule has 0 fully saturated rings. The molecular weight excluding hydrogens is 392 g/mol. The van der Waals surface area contributed by atoms with Gasteiger partial charge in [-0.3, -0.25) is 9.10 Å². The molecule has 7 nitrogen and oxygen atoms in total. The zero-order valence-corrected chi connectivity index (χ0v) is 17.7. The fourth-order valence-electron chi connectivity index (χ4n) is 2.78. The first-order valence-corrected chi connectivity index (χ1v) is 11.2. The molecule has 1 amide bonds. The summed E-state index contributed by atoms with van der Waals surface area (Å²) in [6.45, 7) is 4.13. The summed E-state index contributed by atoms with van der Waals surface area (Å²) in [5, 5.41) is 2.74. The van der Waals surface area contributed by atoms with Gasteiger partial charge in [0.2, 0.25) is 15.9 Å². The van der Waals surface area contributed by atoms with Crippen molar-refractivity contribution < 1.29 is 22.7 Å². The second-order valence-corrected chi connectivity index (χ2v) is 8.53. The molecule has 0 heterocycles. The van der Waals surface area contributed by atoms with Crippen molar-refractivity contribution in [2.75, 3.05) is 29.0 Å². The molecule has 8 heteroatoms. The standard InChI is InChI=1S/C21H26N2O5S/c1-4-28-21(25)17-10-12-18(13-11-17)22-20(24)9-6-14-23(29(3,26)27)19-8-5-7-16(2)15-19/h5,7-8,10-13,15H,4,6,9,14H2,1-3H3,(H,22,24). The Balaban J connectivity index is 1.91. The van der Waals surface area contributed by atoms with E-state index in [0.717, 1.165) is 11.8 Å². The molecule has 2 rings (SSSR count). The van der Waals surface area contributed by atoms with Gasteiger partial charge in [0, 0.05) is 18.7 Å². The average molecular weight is 419 g/mol. The van der Waals surface area contributed by atoms with Crippen molar-refractivity contribution >= 4 is 33.3 Å². The summed E-state index contributed by atoms with van der Waals surface area (Å²) in [7, 11) is -3.45. The van der Waals surface area contributed by atoms with Crippen LogP contribution in [0.4, 0.5) is 11.4 Å². The number of rotatable bonds is 9. The Morgan fingerprint density at radius 3 is 2.38 bits per heavy atom. The summed E-state index contributed by atoms with van der Waals surface area (Å²) < 4.78 is 30.5. The Bertz CT molecular complexity index is 955. The Hall–Kier alpha value is -2.87. The second kappa shape index (κ2) is 10.1. The minimum atomic E-state index is -3.45. The maximum Gasteiger partial charge on any atom is 0.338 e. The van der Waals surface area contributed by atoms with E-state index in [0.29, 0.717) is 30.0 Å². The van der Waals surface area contributed by atoms with E-state index in [-0.39, 0.29) is 18.9 Å². The lowest BCUT2D eigenvalue weighted by atomic mass is 10.2. The Kier molecular flexibility index (Phi) is 7.78. The van der Waals surface area contributed by atoms with Crippen molar-refractivity contribution in [3.8, 4) is 0 Å². The molecule has 0 saturated heterocycles. The number of anilines is 2. The first-order valence-electron chi connectivity index (χ1n) is 9.32. The molecule has 0 atom stereocenters. The van der Waals surface area contributed by atoms with E-state index in [4.69, 9.17) is 4.74 Å². The topological polar surface area (TPSA) is 92.8 Å². The molecule has 0 aliphatic carbocycles. The zero-order valence-electron chi connectivity index (χ0n) is 16.8. The summed E-state index contributed by atoms with van der Waals surface area (Å²) in [4.78, 5) is 23.8. The smallest absolute Gasteiger partial charge is 0.338 e. The van der Waals surface area contributed by atoms with Crippen LogP contribution < -0.4 is 9.62 Å². The number of carbonyl (C=O) groups is 2. The average Bonchev–Trinajstić information content (AvgIpc) is 2.65. The van der Waals surface area contributed by atoms with Gasteiger partial charge in [0.1, 0.15) is 0 Å². The number of nitrogens with one attached hydrogen (secondary N) is 1. The maximum atomic E-state index is 12.2. The van der Waals surface area contributed by atoms with Crippen LogP contribution >= 0.6 is 0 Å². The monoisotopic (exact) mass is 418 g/mol. The first kappa shape index (κ1) is 22.4. The highest BCUT2D eigenvalue weighted by Crippen LogP contribution is 2.20. The minimum absolute atomic E-state index is 0.164. The van der Waals surface area contributed by atoms with Gasteiger partial charge in [-0.15, -0.1) is 0 Å². The molecule has 0 radical (unpaired) electrons. The van der Waals surface area contributed by atoms with Crippen LogP contribution in [0.3, 0.4) is 0 Å². The van der Waals surface area contributed by atoms with Crippen molar-refractivity contribution in [2.45, 2.75) is 26.7 Å². The van der Waals surface area contributed by atoms with E-state index in [1.807, 2.05) is 13.0 Å². The van der Waals surface area contributed by atoms with Crippen LogP contribution in [-0.2, 0) is 19.6 Å². The number of ether oxygens (including phenoxy) is 1. The summed E-state index contributed by atoms with van der Waals surface area (Å²) in [6.07, 6.45) is 1.69. The Morgan fingerprint density at radius 2 is 1.79 bits per heavy atom. The largest absolute Gasteiger partial charge is 0.462 e. The molecule has 0 saturated carbocycles. The third kappa shape index (κ3) is 6.90. The van der Waals surface area contributed by atoms with E-state index in [1.165, 1.54) is 4.31 Å². The number of nitrogens with zero attached hydrogens (tertiary/aromatic N) is 1. The number of amides is 1. The molecule has 0 unspecified atom stereocenters. The summed E-state index contributed by atoms with van der Waals surface area (Å²) in [5.74, 6) is -0.644. The molecule has 0 aliphatic rings. The molecule has 29 heavy (non-hydrogen) atoms. The van der Waals surface area contributed by atoms with Crippen LogP contribution in [0.25, 0.3) is 0 Å². The lowest BCUT2D eigenvalue weighted by Gasteiger charge is -2.22. The number of hydrogen-bond donors (Lipinski definition) is 1. The van der Waals surface area contributed by atoms with Gasteiger partial charge in [-0.2, -0.15) is 0 Å². The number of carbonyl (C=O) groups excluding carboxylic acids is 2. The van der Waals surface area contributed by atoms with Gasteiger partial charge in [0.15, 0.2) is 0 Å². The van der Waals surface area contributed by atoms with E-state index >= 15 is 0 Å². The SMILES string of the molecule is CCOC(=O)c1ccc(NC(=O)CCCN(c2cccc(C)c2)S(C)(=O)=O)cc1. The van der Waals surface area contributed by atoms with E-state index in [9.17, 15) is 18.0 Å². The first-order chi connectivity index (χ1) is 13.7. The van der Waals surface area contributed by atoms with Crippen molar-refractivity contribution in [2.24, 2.45) is 0 Å². The molecule has 0 aliphatic heterocycles. The molecule has 0 spiro atoms. The minimum Gasteiger partial charge on any atom is -0.462 e. The van der Waals surface area contributed by atoms with Crippen molar-refractivity contribution in [3.63, 3.8) is 0 Å². The lowest BCUT2D eigenvalue weighted by molar-refractivity contribution is -0.116. The van der Waals surface area contributed by atoms with Crippen LogP contribution in [0.5, 0.6) is 0 Å². The molecule has 0 aromatic heterocycles. The predicted octanol–water partition coefficient (Wildman–Crippen LogP) is 3.36. The van der Waals surface area contributed by atoms with Crippen LogP contribution in [0.2, 0.25) is 0 Å². The molecule has 2 aromatic rings. The van der Waals surface area contributed by atoms with Crippen molar-refractivity contribution in [1.29, 1.82) is 0 Å². The van der Waals surface area contributed by atoms with E-state index in [1.54, 1.807) is 49.4 Å². The van der Waals surface area contributed by atoms with Gasteiger partial charge >= 0.3 is 5.97 Å². The highest BCUT2D eigenvalue weighted by atomic mass is 32.2. The summed E-state index contributed by atoms with van der Waals surface area (Å²) in [6, 6.07) is 13.6. The number of aryl methyl sites for hydroxylation is 1. The number of hydrogen-bond acceptors (Lipinski definition) is 5. The highest BCUT2D eigenvalue weighted by molar-refractivity contribution is 7.92. The fourth-order valence-corrected chi connectivity index (χ4v) is 3.74. The Morgan fingerprint density at radius 1 is 1.10 bits per heavy atom. The number of benzene rings is 2. The van der Waals surface area contributed by atoms with Crippen molar-refractivity contribution in [3.05, 3.63) is 59.7 Å². The quantitative estimate of drug-likeness (QED) is 0.631. The molecule has 2 aromatic carbocycles. The van der Waals surface area contributed by atoms with Crippen molar-refractivity contribution in [1.82, 2.24) is 0 Å². The third-order valence-electron chi connectivity index (χ3n) is 4.13. The number of esters is 1. The summed E-state index contributed by atoms with van der Waals surface area (Å²) >= 11 is 0. The van der Waals surface area contributed by atoms with Gasteiger partial charge < -0.3 is 10.1 Å². The predicted molar refractivity (Wildman–Crippen MR) is 114 cm³/mol. The molecular formula is C21H26N2O5S. The highest BCUT2D eigenvalue weighted by Gasteiger charge is 2.17. The van der Waals surface area contributed by atoms with Crippen LogP contribution in [0, 0.1) is 6.92 Å². The molecule has 1 N–H and O–H groups in total. The van der Waals surface area contributed by atoms with Gasteiger partial charge in [0.25, 0.3) is 0 Å². The lowest BCUT2D eigenvalue weighted by Crippen LogP contribution is -2.31. The second-order valence-electron chi connectivity index (χ2n) is 6.62. The Labute approximate surface area is 171 Å². The fraction of sp³-hybridized carbons (Fsp3) is 0.333. The van der Waals surface area contributed by atoms with Crippen LogP contribution in [0.1, 0.15) is 35.7 Å². The summed E-state index contributed by atoms with van der Waals surface area (Å²) in [5.41, 5.74) is 2.51. The molecule has 0 bridgehead atoms. The van der Waals surface area contributed by atoms with Crippen LogP contribution in [-0.4, -0.2) is 39.7 Å². The molecule has 156 valence electrons.